The number of halogens is 1. The van der Waals surface area contributed by atoms with Crippen molar-refractivity contribution in [1.82, 2.24) is 15.2 Å². The van der Waals surface area contributed by atoms with E-state index in [0.29, 0.717) is 31.7 Å². The molecule has 0 spiro atoms. The number of aromatic nitrogens is 1. The first-order valence-corrected chi connectivity index (χ1v) is 9.02. The second kappa shape index (κ2) is 8.62. The van der Waals surface area contributed by atoms with Crippen molar-refractivity contribution in [3.63, 3.8) is 0 Å². The highest BCUT2D eigenvalue weighted by Crippen LogP contribution is 2.15. The van der Waals surface area contributed by atoms with E-state index in [1.807, 2.05) is 11.0 Å². The summed E-state index contributed by atoms with van der Waals surface area (Å²) in [6.45, 7) is 4.94. The number of anilines is 1. The lowest BCUT2D eigenvalue weighted by Gasteiger charge is -2.35. The molecule has 0 saturated carbocycles. The van der Waals surface area contributed by atoms with E-state index in [9.17, 15) is 14.0 Å². The zero-order valence-corrected chi connectivity index (χ0v) is 15.3. The van der Waals surface area contributed by atoms with E-state index >= 15 is 0 Å². The van der Waals surface area contributed by atoms with Gasteiger partial charge in [-0.3, -0.25) is 9.59 Å². The van der Waals surface area contributed by atoms with Crippen LogP contribution in [-0.2, 0) is 11.2 Å². The molecule has 142 valence electrons. The fourth-order valence-electron chi connectivity index (χ4n) is 3.05. The van der Waals surface area contributed by atoms with Crippen LogP contribution in [0.25, 0.3) is 0 Å². The normalized spacial score (nSPS) is 14.1. The Balaban J connectivity index is 1.48. The molecule has 2 amide bonds. The summed E-state index contributed by atoms with van der Waals surface area (Å²) in [5.74, 6) is -0.403. The van der Waals surface area contributed by atoms with Crippen molar-refractivity contribution in [2.45, 2.75) is 13.3 Å². The number of benzene rings is 1. The fourth-order valence-corrected chi connectivity index (χ4v) is 3.05. The third kappa shape index (κ3) is 5.03. The van der Waals surface area contributed by atoms with Crippen LogP contribution < -0.4 is 10.2 Å². The van der Waals surface area contributed by atoms with E-state index in [-0.39, 0.29) is 17.6 Å². The minimum atomic E-state index is -0.269. The predicted octanol–water partition coefficient (Wildman–Crippen LogP) is 1.86. The first-order chi connectivity index (χ1) is 13.0. The van der Waals surface area contributed by atoms with E-state index in [1.54, 1.807) is 31.3 Å². The first-order valence-electron chi connectivity index (χ1n) is 9.02. The Hall–Kier alpha value is -2.96. The van der Waals surface area contributed by atoms with Gasteiger partial charge >= 0.3 is 0 Å². The number of rotatable bonds is 5. The molecule has 0 bridgehead atoms. The minimum absolute atomic E-state index is 0.0976. The van der Waals surface area contributed by atoms with Crippen molar-refractivity contribution < 1.29 is 14.0 Å². The number of amides is 2. The van der Waals surface area contributed by atoms with Crippen LogP contribution in [-0.4, -0.2) is 54.4 Å². The number of pyridine rings is 1. The van der Waals surface area contributed by atoms with Crippen LogP contribution in [0.5, 0.6) is 0 Å². The lowest BCUT2D eigenvalue weighted by molar-refractivity contribution is -0.129. The second-order valence-corrected chi connectivity index (χ2v) is 6.53. The van der Waals surface area contributed by atoms with Crippen LogP contribution in [0.2, 0.25) is 0 Å². The zero-order valence-electron chi connectivity index (χ0n) is 15.3. The van der Waals surface area contributed by atoms with Crippen LogP contribution in [0, 0.1) is 5.82 Å². The minimum Gasteiger partial charge on any atom is -0.367 e. The molecule has 2 aromatic rings. The van der Waals surface area contributed by atoms with Crippen LogP contribution in [0.1, 0.15) is 23.0 Å². The SMILES string of the molecule is CC(=O)N1CCN(c2ccc(C(=O)NCCc3ccc(F)cc3)nc2)CC1. The molecule has 6 nitrogen and oxygen atoms in total. The van der Waals surface area contributed by atoms with Gasteiger partial charge in [-0.1, -0.05) is 12.1 Å². The number of nitrogens with zero attached hydrogens (tertiary/aromatic N) is 3. The lowest BCUT2D eigenvalue weighted by Crippen LogP contribution is -2.48. The molecule has 1 aromatic heterocycles. The van der Waals surface area contributed by atoms with E-state index in [4.69, 9.17) is 0 Å². The molecule has 1 N–H and O–H groups in total. The maximum atomic E-state index is 12.9. The summed E-state index contributed by atoms with van der Waals surface area (Å²) in [6.07, 6.45) is 2.32. The Bertz CT molecular complexity index is 785. The molecule has 27 heavy (non-hydrogen) atoms. The number of piperazine rings is 1. The molecule has 1 aliphatic rings. The van der Waals surface area contributed by atoms with Gasteiger partial charge in [0.05, 0.1) is 11.9 Å². The summed E-state index contributed by atoms with van der Waals surface area (Å²) in [5, 5.41) is 2.83. The van der Waals surface area contributed by atoms with Gasteiger partial charge in [-0.05, 0) is 36.2 Å². The summed E-state index contributed by atoms with van der Waals surface area (Å²) in [4.78, 5) is 31.8. The van der Waals surface area contributed by atoms with Crippen molar-refractivity contribution >= 4 is 17.5 Å². The topological polar surface area (TPSA) is 65.5 Å². The highest BCUT2D eigenvalue weighted by molar-refractivity contribution is 5.92. The first kappa shape index (κ1) is 18.8. The Kier molecular flexibility index (Phi) is 6.01. The summed E-state index contributed by atoms with van der Waals surface area (Å²) in [7, 11) is 0. The molecule has 0 unspecified atom stereocenters. The summed E-state index contributed by atoms with van der Waals surface area (Å²) in [6, 6.07) is 9.83. The molecule has 1 fully saturated rings. The van der Waals surface area contributed by atoms with E-state index < -0.39 is 0 Å². The molecule has 1 aromatic carbocycles. The van der Waals surface area contributed by atoms with Gasteiger partial charge < -0.3 is 15.1 Å². The number of carbonyl (C=O) groups is 2. The maximum absolute atomic E-state index is 12.9. The van der Waals surface area contributed by atoms with Crippen molar-refractivity contribution in [1.29, 1.82) is 0 Å². The molecule has 1 saturated heterocycles. The summed E-state index contributed by atoms with van der Waals surface area (Å²) >= 11 is 0. The van der Waals surface area contributed by atoms with E-state index in [1.165, 1.54) is 12.1 Å². The molecule has 3 rings (SSSR count). The Morgan fingerprint density at radius 2 is 1.78 bits per heavy atom. The second-order valence-electron chi connectivity index (χ2n) is 6.53. The third-order valence-corrected chi connectivity index (χ3v) is 4.68. The quantitative estimate of drug-likeness (QED) is 0.873. The smallest absolute Gasteiger partial charge is 0.269 e. The van der Waals surface area contributed by atoms with Gasteiger partial charge in [-0.15, -0.1) is 0 Å². The average Bonchev–Trinajstić information content (AvgIpc) is 2.69. The highest BCUT2D eigenvalue weighted by atomic mass is 19.1. The van der Waals surface area contributed by atoms with Gasteiger partial charge in [0, 0.05) is 39.6 Å². The molecule has 0 radical (unpaired) electrons. The van der Waals surface area contributed by atoms with Gasteiger partial charge in [0.2, 0.25) is 5.91 Å². The molecular formula is C20H23FN4O2. The number of hydrogen-bond acceptors (Lipinski definition) is 4. The molecule has 7 heteroatoms. The zero-order chi connectivity index (χ0) is 19.2. The highest BCUT2D eigenvalue weighted by Gasteiger charge is 2.19. The lowest BCUT2D eigenvalue weighted by atomic mass is 10.1. The standard InChI is InChI=1S/C20H23FN4O2/c1-15(26)24-10-12-25(13-11-24)18-6-7-19(23-14-18)20(27)22-9-8-16-2-4-17(21)5-3-16/h2-7,14H,8-13H2,1H3,(H,22,27). The van der Waals surface area contributed by atoms with E-state index in [2.05, 4.69) is 15.2 Å². The van der Waals surface area contributed by atoms with Gasteiger partial charge in [0.25, 0.3) is 5.91 Å². The number of hydrogen-bond donors (Lipinski definition) is 1. The molecule has 0 aliphatic carbocycles. The molecule has 1 aliphatic heterocycles. The van der Waals surface area contributed by atoms with Crippen LogP contribution in [0.15, 0.2) is 42.6 Å². The Morgan fingerprint density at radius 1 is 1.07 bits per heavy atom. The molecular weight excluding hydrogens is 347 g/mol. The largest absolute Gasteiger partial charge is 0.367 e. The number of carbonyl (C=O) groups excluding carboxylic acids is 2. The molecule has 2 heterocycles. The van der Waals surface area contributed by atoms with Crippen LogP contribution >= 0.6 is 0 Å². The maximum Gasteiger partial charge on any atom is 0.269 e. The fraction of sp³-hybridized carbons (Fsp3) is 0.350. The van der Waals surface area contributed by atoms with Gasteiger partial charge in [0.15, 0.2) is 0 Å². The summed E-state index contributed by atoms with van der Waals surface area (Å²) < 4.78 is 12.9. The third-order valence-electron chi connectivity index (χ3n) is 4.68. The van der Waals surface area contributed by atoms with Crippen LogP contribution in [0.3, 0.4) is 0 Å². The van der Waals surface area contributed by atoms with Gasteiger partial charge in [0.1, 0.15) is 11.5 Å². The summed E-state index contributed by atoms with van der Waals surface area (Å²) in [5.41, 5.74) is 2.27. The Labute approximate surface area is 158 Å². The van der Waals surface area contributed by atoms with Crippen molar-refractivity contribution in [2.24, 2.45) is 0 Å². The molecule has 0 atom stereocenters. The monoisotopic (exact) mass is 370 g/mol. The van der Waals surface area contributed by atoms with Gasteiger partial charge in [-0.25, -0.2) is 9.37 Å². The van der Waals surface area contributed by atoms with Crippen LogP contribution in [0.4, 0.5) is 10.1 Å². The van der Waals surface area contributed by atoms with E-state index in [0.717, 1.165) is 24.3 Å². The van der Waals surface area contributed by atoms with Crippen molar-refractivity contribution in [3.8, 4) is 0 Å². The Morgan fingerprint density at radius 3 is 2.37 bits per heavy atom. The van der Waals surface area contributed by atoms with Crippen molar-refractivity contribution in [3.05, 3.63) is 59.7 Å². The average molecular weight is 370 g/mol. The van der Waals surface area contributed by atoms with Crippen molar-refractivity contribution in [2.75, 3.05) is 37.6 Å². The van der Waals surface area contributed by atoms with Gasteiger partial charge in [-0.2, -0.15) is 0 Å². The number of nitrogens with one attached hydrogen (secondary N) is 1. The predicted molar refractivity (Wildman–Crippen MR) is 101 cm³/mol.